The molecule has 5 heterocycles. The van der Waals surface area contributed by atoms with Gasteiger partial charge in [0.1, 0.15) is 0 Å². The third kappa shape index (κ3) is 6.04. The zero-order chi connectivity index (χ0) is 42.1. The van der Waals surface area contributed by atoms with Crippen molar-refractivity contribution in [1.82, 2.24) is 34.1 Å². The lowest BCUT2D eigenvalue weighted by atomic mass is 10.1. The second kappa shape index (κ2) is 14.9. The van der Waals surface area contributed by atoms with E-state index < -0.39 is 0 Å². The van der Waals surface area contributed by atoms with Gasteiger partial charge in [-0.3, -0.25) is 4.57 Å². The van der Waals surface area contributed by atoms with Crippen LogP contribution in [-0.2, 0) is 0 Å². The van der Waals surface area contributed by atoms with Gasteiger partial charge < -0.3 is 4.57 Å². The molecule has 1 aliphatic heterocycles. The first-order valence-corrected chi connectivity index (χ1v) is 22.7. The maximum absolute atomic E-state index is 5.34. The second-order valence-electron chi connectivity index (χ2n) is 15.7. The Labute approximate surface area is 376 Å². The molecule has 1 aliphatic rings. The number of fused-ring (bicyclic) bond motifs is 9. The van der Waals surface area contributed by atoms with Crippen LogP contribution >= 0.6 is 23.5 Å². The fourth-order valence-electron chi connectivity index (χ4n) is 9.02. The molecule has 0 bridgehead atoms. The van der Waals surface area contributed by atoms with Crippen molar-refractivity contribution in [3.05, 3.63) is 200 Å². The van der Waals surface area contributed by atoms with Gasteiger partial charge >= 0.3 is 0 Å². The Morgan fingerprint density at radius 2 is 0.953 bits per heavy atom. The number of benzene rings is 8. The first kappa shape index (κ1) is 36.8. The molecular formula is C55H33N7S2. The summed E-state index contributed by atoms with van der Waals surface area (Å²) in [5, 5.41) is 4.55. The molecule has 0 fully saturated rings. The molecule has 13 rings (SSSR count). The van der Waals surface area contributed by atoms with Crippen molar-refractivity contribution in [3.63, 3.8) is 0 Å². The van der Waals surface area contributed by atoms with Gasteiger partial charge in [0.05, 0.1) is 27.8 Å². The largest absolute Gasteiger partial charge is 0.309 e. The molecule has 8 aromatic carbocycles. The molecule has 0 spiro atoms. The summed E-state index contributed by atoms with van der Waals surface area (Å²) in [6, 6.07) is 67.7. The third-order valence-corrected chi connectivity index (χ3v) is 14.4. The molecule has 0 aliphatic carbocycles. The summed E-state index contributed by atoms with van der Waals surface area (Å²) in [7, 11) is 0. The van der Waals surface area contributed by atoms with Crippen molar-refractivity contribution < 1.29 is 0 Å². The Morgan fingerprint density at radius 1 is 0.359 bits per heavy atom. The lowest BCUT2D eigenvalue weighted by molar-refractivity contribution is 0.993. The molecule has 64 heavy (non-hydrogen) atoms. The SMILES string of the molecule is c1ccc(-c2nc(-c3ccccc3)nc(-c3cccc(-n4c5ccccc5c5c4ccc4c6ccccc6n(-c6nccc(-c7ccc8c(c7)Sc7ccccc7S8)n6)c45)c3)n2)cc1. The molecule has 0 saturated carbocycles. The fourth-order valence-corrected chi connectivity index (χ4v) is 11.3. The van der Waals surface area contributed by atoms with E-state index in [1.54, 1.807) is 0 Å². The minimum absolute atomic E-state index is 0.607. The van der Waals surface area contributed by atoms with E-state index in [4.69, 9.17) is 24.9 Å². The van der Waals surface area contributed by atoms with Crippen molar-refractivity contribution >= 4 is 67.1 Å². The lowest BCUT2D eigenvalue weighted by Gasteiger charge is -2.18. The van der Waals surface area contributed by atoms with Gasteiger partial charge in [-0.05, 0) is 60.7 Å². The van der Waals surface area contributed by atoms with Gasteiger partial charge in [-0.2, -0.15) is 0 Å². The summed E-state index contributed by atoms with van der Waals surface area (Å²) in [4.78, 5) is 30.5. The summed E-state index contributed by atoms with van der Waals surface area (Å²) >= 11 is 3.64. The minimum Gasteiger partial charge on any atom is -0.309 e. The highest BCUT2D eigenvalue weighted by atomic mass is 32.2. The van der Waals surface area contributed by atoms with Crippen LogP contribution in [0.1, 0.15) is 0 Å². The van der Waals surface area contributed by atoms with Crippen LogP contribution in [0.5, 0.6) is 0 Å². The molecule has 0 atom stereocenters. The van der Waals surface area contributed by atoms with Crippen LogP contribution < -0.4 is 0 Å². The van der Waals surface area contributed by atoms with E-state index in [2.05, 4.69) is 137 Å². The Balaban J connectivity index is 0.990. The molecule has 0 amide bonds. The highest BCUT2D eigenvalue weighted by Gasteiger charge is 2.23. The van der Waals surface area contributed by atoms with E-state index in [1.165, 1.54) is 19.6 Å². The molecular weight excluding hydrogens is 823 g/mol. The highest BCUT2D eigenvalue weighted by molar-refractivity contribution is 8.05. The molecule has 0 N–H and O–H groups in total. The number of nitrogens with zero attached hydrogens (tertiary/aromatic N) is 7. The number of hydrogen-bond donors (Lipinski definition) is 0. The average Bonchev–Trinajstić information content (AvgIpc) is 3.89. The van der Waals surface area contributed by atoms with E-state index in [-0.39, 0.29) is 0 Å². The maximum atomic E-state index is 5.34. The summed E-state index contributed by atoms with van der Waals surface area (Å²) in [5.41, 5.74) is 9.96. The molecule has 7 nitrogen and oxygen atoms in total. The van der Waals surface area contributed by atoms with Gasteiger partial charge in [0.2, 0.25) is 5.95 Å². The minimum atomic E-state index is 0.607. The summed E-state index contributed by atoms with van der Waals surface area (Å²) in [6.07, 6.45) is 1.89. The fraction of sp³-hybridized carbons (Fsp3) is 0. The quantitative estimate of drug-likeness (QED) is 0.165. The molecule has 0 unspecified atom stereocenters. The van der Waals surface area contributed by atoms with Crippen LogP contribution in [0.2, 0.25) is 0 Å². The smallest absolute Gasteiger partial charge is 0.235 e. The number of hydrogen-bond acceptors (Lipinski definition) is 7. The average molecular weight is 856 g/mol. The first-order chi connectivity index (χ1) is 31.7. The van der Waals surface area contributed by atoms with Crippen LogP contribution in [0.3, 0.4) is 0 Å². The van der Waals surface area contributed by atoms with Crippen LogP contribution in [0.25, 0.3) is 101 Å². The molecule has 0 radical (unpaired) electrons. The second-order valence-corrected chi connectivity index (χ2v) is 17.9. The third-order valence-electron chi connectivity index (χ3n) is 11.9. The summed E-state index contributed by atoms with van der Waals surface area (Å²) < 4.78 is 4.61. The van der Waals surface area contributed by atoms with Crippen LogP contribution in [0, 0.1) is 0 Å². The van der Waals surface area contributed by atoms with E-state index in [0.717, 1.165) is 77.2 Å². The number of para-hydroxylation sites is 2. The van der Waals surface area contributed by atoms with Gasteiger partial charge in [0, 0.05) is 75.3 Å². The standard InChI is InChI=1S/C55H33N7S2/c1-3-14-34(15-4-1)52-58-53(35-16-5-2-6-17-35)60-54(59-52)37-18-13-19-38(32-37)61-44-23-10-8-21-41(44)50-45(61)28-27-40-39-20-7-9-22-43(39)62(51(40)50)55-56-31-30-42(57-55)36-26-29-48-49(33-36)64-47-25-12-11-24-46(47)63-48/h1-33H. The van der Waals surface area contributed by atoms with Crippen LogP contribution in [-0.4, -0.2) is 34.1 Å². The number of aromatic nitrogens is 7. The maximum Gasteiger partial charge on any atom is 0.235 e. The predicted octanol–water partition coefficient (Wildman–Crippen LogP) is 14.1. The molecule has 12 aromatic rings. The predicted molar refractivity (Wildman–Crippen MR) is 261 cm³/mol. The summed E-state index contributed by atoms with van der Waals surface area (Å²) in [6.45, 7) is 0. The lowest BCUT2D eigenvalue weighted by Crippen LogP contribution is -2.02. The Kier molecular flexibility index (Phi) is 8.57. The van der Waals surface area contributed by atoms with Gasteiger partial charge in [-0.25, -0.2) is 24.9 Å². The van der Waals surface area contributed by atoms with Crippen molar-refractivity contribution in [3.8, 4) is 57.1 Å². The van der Waals surface area contributed by atoms with Gasteiger partial charge in [0.15, 0.2) is 17.5 Å². The normalized spacial score (nSPS) is 12.2. The Hall–Kier alpha value is -7.85. The molecule has 9 heteroatoms. The van der Waals surface area contributed by atoms with Crippen LogP contribution in [0.15, 0.2) is 220 Å². The van der Waals surface area contributed by atoms with E-state index in [9.17, 15) is 0 Å². The zero-order valence-corrected chi connectivity index (χ0v) is 35.6. The monoisotopic (exact) mass is 855 g/mol. The van der Waals surface area contributed by atoms with Crippen molar-refractivity contribution in [2.24, 2.45) is 0 Å². The highest BCUT2D eigenvalue weighted by Crippen LogP contribution is 2.49. The molecule has 300 valence electrons. The van der Waals surface area contributed by atoms with Crippen molar-refractivity contribution in [1.29, 1.82) is 0 Å². The molecule has 0 saturated heterocycles. The topological polar surface area (TPSA) is 74.3 Å². The van der Waals surface area contributed by atoms with Crippen molar-refractivity contribution in [2.75, 3.05) is 0 Å². The van der Waals surface area contributed by atoms with Gasteiger partial charge in [-0.1, -0.05) is 157 Å². The van der Waals surface area contributed by atoms with Gasteiger partial charge in [0.25, 0.3) is 0 Å². The van der Waals surface area contributed by atoms with E-state index in [0.29, 0.717) is 23.4 Å². The van der Waals surface area contributed by atoms with Crippen molar-refractivity contribution in [2.45, 2.75) is 19.6 Å². The van der Waals surface area contributed by atoms with Gasteiger partial charge in [-0.15, -0.1) is 0 Å². The van der Waals surface area contributed by atoms with E-state index in [1.807, 2.05) is 96.5 Å². The summed E-state index contributed by atoms with van der Waals surface area (Å²) in [5.74, 6) is 2.49. The van der Waals surface area contributed by atoms with Crippen LogP contribution in [0.4, 0.5) is 0 Å². The Bertz CT molecular complexity index is 3750. The zero-order valence-electron chi connectivity index (χ0n) is 34.0. The Morgan fingerprint density at radius 3 is 1.69 bits per heavy atom. The van der Waals surface area contributed by atoms with E-state index >= 15 is 0 Å². The molecule has 4 aromatic heterocycles. The number of rotatable bonds is 6. The first-order valence-electron chi connectivity index (χ1n) is 21.1.